The lowest BCUT2D eigenvalue weighted by Gasteiger charge is -2.35. The number of carbonyl (C=O) groups is 1. The first-order valence-corrected chi connectivity index (χ1v) is 11.0. The summed E-state index contributed by atoms with van der Waals surface area (Å²) in [5.41, 5.74) is 4.64. The molecule has 1 heterocycles. The van der Waals surface area contributed by atoms with E-state index in [4.69, 9.17) is 9.47 Å². The second-order valence-electron chi connectivity index (χ2n) is 8.26. The van der Waals surface area contributed by atoms with Crippen LogP contribution in [0, 0.1) is 0 Å². The molecule has 1 aliphatic heterocycles. The van der Waals surface area contributed by atoms with E-state index < -0.39 is 0 Å². The van der Waals surface area contributed by atoms with E-state index in [9.17, 15) is 4.79 Å². The van der Waals surface area contributed by atoms with Crippen LogP contribution in [0.4, 0.5) is 0 Å². The van der Waals surface area contributed by atoms with Crippen molar-refractivity contribution in [1.82, 2.24) is 10.2 Å². The third-order valence-corrected chi connectivity index (χ3v) is 6.56. The molecule has 5 heteroatoms. The monoisotopic (exact) mass is 416 g/mol. The summed E-state index contributed by atoms with van der Waals surface area (Å²) in [5.74, 6) is 0.823. The van der Waals surface area contributed by atoms with Crippen molar-refractivity contribution in [3.05, 3.63) is 76.9 Å². The summed E-state index contributed by atoms with van der Waals surface area (Å²) in [7, 11) is 1.67. The summed E-state index contributed by atoms with van der Waals surface area (Å²) >= 11 is 0. The van der Waals surface area contributed by atoms with Crippen LogP contribution in [0.2, 0.25) is 0 Å². The van der Waals surface area contributed by atoms with Gasteiger partial charge in [0.05, 0.1) is 26.4 Å². The van der Waals surface area contributed by atoms with E-state index in [0.717, 1.165) is 55.8 Å². The van der Waals surface area contributed by atoms with Gasteiger partial charge in [-0.05, 0) is 58.5 Å². The Balaban J connectivity index is 1.39. The lowest BCUT2D eigenvalue weighted by molar-refractivity contribution is 0.0162. The first kappa shape index (κ1) is 20.0. The van der Waals surface area contributed by atoms with Crippen molar-refractivity contribution in [2.24, 2.45) is 0 Å². The Hall–Kier alpha value is -2.89. The molecular formula is C26H28N2O3. The minimum absolute atomic E-state index is 0.0117. The van der Waals surface area contributed by atoms with Crippen LogP contribution in [0.5, 0.6) is 5.75 Å². The van der Waals surface area contributed by atoms with Crippen LogP contribution in [0.1, 0.15) is 33.1 Å². The average Bonchev–Trinajstić information content (AvgIpc) is 3.25. The first-order valence-electron chi connectivity index (χ1n) is 11.0. The largest absolute Gasteiger partial charge is 0.497 e. The number of morpholine rings is 1. The molecule has 3 aromatic carbocycles. The second kappa shape index (κ2) is 8.69. The molecule has 3 aromatic rings. The van der Waals surface area contributed by atoms with Gasteiger partial charge >= 0.3 is 0 Å². The molecule has 0 spiro atoms. The Bertz CT molecular complexity index is 1080. The maximum absolute atomic E-state index is 13.2. The molecule has 31 heavy (non-hydrogen) atoms. The number of rotatable bonds is 6. The number of methoxy groups -OCH3 is 1. The molecule has 5 nitrogen and oxygen atoms in total. The highest BCUT2D eigenvalue weighted by Gasteiger charge is 2.24. The van der Waals surface area contributed by atoms with Gasteiger partial charge in [-0.3, -0.25) is 9.69 Å². The fourth-order valence-corrected chi connectivity index (χ4v) is 4.90. The number of ether oxygens (including phenoxy) is 2. The Morgan fingerprint density at radius 1 is 1.03 bits per heavy atom. The molecule has 1 aliphatic carbocycles. The van der Waals surface area contributed by atoms with Gasteiger partial charge in [-0.1, -0.05) is 36.4 Å². The number of nitrogens with zero attached hydrogens (tertiary/aromatic N) is 1. The molecule has 0 radical (unpaired) electrons. The highest BCUT2D eigenvalue weighted by atomic mass is 16.5. The SMILES string of the molecule is COc1ccc(C(CNC(=O)c2ccc3c4c(cccc24)CC3)N2CCOCC2)cc1. The zero-order chi connectivity index (χ0) is 21.2. The molecule has 160 valence electrons. The minimum Gasteiger partial charge on any atom is -0.497 e. The Kier molecular flexibility index (Phi) is 5.62. The van der Waals surface area contributed by atoms with Gasteiger partial charge in [-0.15, -0.1) is 0 Å². The summed E-state index contributed by atoms with van der Waals surface area (Å²) in [6.45, 7) is 3.69. The van der Waals surface area contributed by atoms with Crippen molar-refractivity contribution in [1.29, 1.82) is 0 Å². The van der Waals surface area contributed by atoms with Gasteiger partial charge < -0.3 is 14.8 Å². The van der Waals surface area contributed by atoms with E-state index in [1.165, 1.54) is 22.1 Å². The third-order valence-electron chi connectivity index (χ3n) is 6.56. The van der Waals surface area contributed by atoms with Crippen molar-refractivity contribution in [2.45, 2.75) is 18.9 Å². The summed E-state index contributed by atoms with van der Waals surface area (Å²) in [6, 6.07) is 18.7. The van der Waals surface area contributed by atoms with E-state index in [1.807, 2.05) is 18.2 Å². The van der Waals surface area contributed by atoms with Crippen LogP contribution in [-0.4, -0.2) is 50.8 Å². The van der Waals surface area contributed by atoms with E-state index in [2.05, 4.69) is 46.6 Å². The van der Waals surface area contributed by atoms with Crippen molar-refractivity contribution in [2.75, 3.05) is 40.0 Å². The van der Waals surface area contributed by atoms with E-state index in [1.54, 1.807) is 7.11 Å². The van der Waals surface area contributed by atoms with Crippen LogP contribution in [0.15, 0.2) is 54.6 Å². The molecule has 1 unspecified atom stereocenters. The van der Waals surface area contributed by atoms with Crippen LogP contribution in [0.25, 0.3) is 10.8 Å². The molecule has 2 aliphatic rings. The maximum atomic E-state index is 13.2. The molecule has 0 saturated carbocycles. The third kappa shape index (κ3) is 3.91. The zero-order valence-electron chi connectivity index (χ0n) is 17.9. The highest BCUT2D eigenvalue weighted by Crippen LogP contribution is 2.33. The van der Waals surface area contributed by atoms with E-state index >= 15 is 0 Å². The molecule has 1 saturated heterocycles. The summed E-state index contributed by atoms with van der Waals surface area (Å²) < 4.78 is 10.9. The molecule has 1 atom stereocenters. The quantitative estimate of drug-likeness (QED) is 0.665. The number of amides is 1. The molecule has 5 rings (SSSR count). The average molecular weight is 417 g/mol. The van der Waals surface area contributed by atoms with E-state index in [0.29, 0.717) is 6.54 Å². The summed E-state index contributed by atoms with van der Waals surface area (Å²) in [4.78, 5) is 15.6. The standard InChI is InChI=1S/C26H28N2O3/c1-30-21-10-7-18(8-11-21)24(28-13-15-31-16-14-28)17-27-26(29)23-12-9-20-6-5-19-3-2-4-22(23)25(19)20/h2-4,7-12,24H,5-6,13-17H2,1H3,(H,27,29). The van der Waals surface area contributed by atoms with Crippen LogP contribution in [0.3, 0.4) is 0 Å². The zero-order valence-corrected chi connectivity index (χ0v) is 17.9. The predicted octanol–water partition coefficient (Wildman–Crippen LogP) is 3.75. The van der Waals surface area contributed by atoms with Crippen LogP contribution < -0.4 is 10.1 Å². The number of benzene rings is 3. The fraction of sp³-hybridized carbons (Fsp3) is 0.346. The van der Waals surface area contributed by atoms with Gasteiger partial charge in [0.2, 0.25) is 0 Å². The first-order chi connectivity index (χ1) is 15.2. The van der Waals surface area contributed by atoms with Gasteiger partial charge in [0.25, 0.3) is 5.91 Å². The van der Waals surface area contributed by atoms with Gasteiger partial charge in [-0.25, -0.2) is 0 Å². The second-order valence-corrected chi connectivity index (χ2v) is 8.26. The van der Waals surface area contributed by atoms with Crippen molar-refractivity contribution in [3.63, 3.8) is 0 Å². The minimum atomic E-state index is -0.0117. The molecule has 1 amide bonds. The maximum Gasteiger partial charge on any atom is 0.251 e. The number of hydrogen-bond donors (Lipinski definition) is 1. The smallest absolute Gasteiger partial charge is 0.251 e. The fourth-order valence-electron chi connectivity index (χ4n) is 4.90. The lowest BCUT2D eigenvalue weighted by atomic mass is 9.99. The Morgan fingerprint density at radius 2 is 1.77 bits per heavy atom. The van der Waals surface area contributed by atoms with Gasteiger partial charge in [0, 0.05) is 25.2 Å². The Labute approximate surface area is 183 Å². The van der Waals surface area contributed by atoms with Gasteiger partial charge in [0.15, 0.2) is 0 Å². The molecular weight excluding hydrogens is 388 g/mol. The van der Waals surface area contributed by atoms with E-state index in [-0.39, 0.29) is 11.9 Å². The van der Waals surface area contributed by atoms with Gasteiger partial charge in [-0.2, -0.15) is 0 Å². The molecule has 1 fully saturated rings. The summed E-state index contributed by atoms with van der Waals surface area (Å²) in [6.07, 6.45) is 2.13. The topological polar surface area (TPSA) is 50.8 Å². The lowest BCUT2D eigenvalue weighted by Crippen LogP contribution is -2.43. The molecule has 0 bridgehead atoms. The highest BCUT2D eigenvalue weighted by molar-refractivity contribution is 6.09. The predicted molar refractivity (Wildman–Crippen MR) is 122 cm³/mol. The molecule has 0 aromatic heterocycles. The summed E-state index contributed by atoms with van der Waals surface area (Å²) in [5, 5.41) is 5.56. The molecule has 1 N–H and O–H groups in total. The normalized spacial score (nSPS) is 16.9. The number of hydrogen-bond acceptors (Lipinski definition) is 4. The van der Waals surface area contributed by atoms with Gasteiger partial charge in [0.1, 0.15) is 5.75 Å². The van der Waals surface area contributed by atoms with Crippen molar-refractivity contribution < 1.29 is 14.3 Å². The Morgan fingerprint density at radius 3 is 2.52 bits per heavy atom. The van der Waals surface area contributed by atoms with Crippen molar-refractivity contribution in [3.8, 4) is 5.75 Å². The number of carbonyl (C=O) groups excluding carboxylic acids is 1. The number of aryl methyl sites for hydroxylation is 2. The van der Waals surface area contributed by atoms with Crippen molar-refractivity contribution >= 4 is 16.7 Å². The van der Waals surface area contributed by atoms with Crippen LogP contribution >= 0.6 is 0 Å². The number of nitrogens with one attached hydrogen (secondary N) is 1. The van der Waals surface area contributed by atoms with Crippen LogP contribution in [-0.2, 0) is 17.6 Å².